The summed E-state index contributed by atoms with van der Waals surface area (Å²) >= 11 is 0. The predicted molar refractivity (Wildman–Crippen MR) is 104 cm³/mol. The van der Waals surface area contributed by atoms with Crippen LogP contribution in [0.1, 0.15) is 78.6 Å². The van der Waals surface area contributed by atoms with Gasteiger partial charge in [0.1, 0.15) is 0 Å². The van der Waals surface area contributed by atoms with Gasteiger partial charge in [-0.1, -0.05) is 32.4 Å². The summed E-state index contributed by atoms with van der Waals surface area (Å²) in [7, 11) is 0. The molecule has 5 unspecified atom stereocenters. The number of rotatable bonds is 2. The minimum atomic E-state index is -0.186. The van der Waals surface area contributed by atoms with Gasteiger partial charge in [0.05, 0.1) is 6.10 Å². The zero-order chi connectivity index (χ0) is 17.8. The van der Waals surface area contributed by atoms with Crippen LogP contribution in [0.4, 0.5) is 0 Å². The molecule has 138 valence electrons. The normalized spacial score (nSPS) is 50.0. The maximum absolute atomic E-state index is 10.1. The van der Waals surface area contributed by atoms with Crippen molar-refractivity contribution in [2.45, 2.75) is 84.7 Å². The Kier molecular flexibility index (Phi) is 4.35. The SMILES string of the molecule is C#CCC(C)C1CCC2C3CCC4=C[C@@H](O)CC[C@]4(C)C3CC[C@]12C. The van der Waals surface area contributed by atoms with Gasteiger partial charge in [0.25, 0.3) is 0 Å². The van der Waals surface area contributed by atoms with Gasteiger partial charge in [-0.05, 0) is 91.8 Å². The zero-order valence-electron chi connectivity index (χ0n) is 16.4. The number of aliphatic hydroxyl groups excluding tert-OH is 1. The van der Waals surface area contributed by atoms with Crippen molar-refractivity contribution in [1.29, 1.82) is 0 Å². The van der Waals surface area contributed by atoms with Gasteiger partial charge in [0, 0.05) is 6.42 Å². The highest BCUT2D eigenvalue weighted by Gasteiger charge is 2.59. The van der Waals surface area contributed by atoms with Crippen LogP contribution in [0.3, 0.4) is 0 Å². The van der Waals surface area contributed by atoms with Crippen LogP contribution in [-0.4, -0.2) is 11.2 Å². The van der Waals surface area contributed by atoms with Crippen molar-refractivity contribution < 1.29 is 5.11 Å². The quantitative estimate of drug-likeness (QED) is 0.513. The summed E-state index contributed by atoms with van der Waals surface area (Å²) in [6.07, 6.45) is 19.0. The van der Waals surface area contributed by atoms with E-state index in [2.05, 4.69) is 32.8 Å². The maximum atomic E-state index is 10.1. The van der Waals surface area contributed by atoms with Gasteiger partial charge in [-0.15, -0.1) is 12.3 Å². The molecule has 0 radical (unpaired) electrons. The van der Waals surface area contributed by atoms with E-state index < -0.39 is 0 Å². The highest BCUT2D eigenvalue weighted by Crippen LogP contribution is 2.67. The zero-order valence-corrected chi connectivity index (χ0v) is 16.4. The second-order valence-electron chi connectivity index (χ2n) is 10.2. The Morgan fingerprint density at radius 1 is 1.16 bits per heavy atom. The van der Waals surface area contributed by atoms with Gasteiger partial charge >= 0.3 is 0 Å². The smallest absolute Gasteiger partial charge is 0.0724 e. The Hall–Kier alpha value is -0.740. The number of hydrogen-bond donors (Lipinski definition) is 1. The first-order valence-electron chi connectivity index (χ1n) is 10.7. The summed E-state index contributed by atoms with van der Waals surface area (Å²) in [5.41, 5.74) is 2.47. The molecular formula is C24H36O. The van der Waals surface area contributed by atoms with Crippen LogP contribution < -0.4 is 0 Å². The molecular weight excluding hydrogens is 304 g/mol. The van der Waals surface area contributed by atoms with Crippen LogP contribution >= 0.6 is 0 Å². The summed E-state index contributed by atoms with van der Waals surface area (Å²) < 4.78 is 0. The molecule has 0 amide bonds. The van der Waals surface area contributed by atoms with Gasteiger partial charge in [-0.3, -0.25) is 0 Å². The van der Waals surface area contributed by atoms with E-state index in [4.69, 9.17) is 6.42 Å². The molecule has 0 aliphatic heterocycles. The number of aliphatic hydroxyl groups is 1. The Bertz CT molecular complexity index is 598. The molecule has 1 N–H and O–H groups in total. The van der Waals surface area contributed by atoms with Gasteiger partial charge in [0.15, 0.2) is 0 Å². The minimum Gasteiger partial charge on any atom is -0.389 e. The molecule has 0 aromatic rings. The molecule has 1 nitrogen and oxygen atoms in total. The molecule has 0 heterocycles. The fourth-order valence-corrected chi connectivity index (χ4v) is 8.01. The lowest BCUT2D eigenvalue weighted by Gasteiger charge is -2.59. The lowest BCUT2D eigenvalue weighted by atomic mass is 9.46. The van der Waals surface area contributed by atoms with Crippen LogP contribution in [0, 0.1) is 52.8 Å². The molecule has 4 rings (SSSR count). The third-order valence-electron chi connectivity index (χ3n) is 9.29. The molecule has 3 fully saturated rings. The van der Waals surface area contributed by atoms with Crippen molar-refractivity contribution in [2.75, 3.05) is 0 Å². The summed E-state index contributed by atoms with van der Waals surface area (Å²) in [6.45, 7) is 7.53. The lowest BCUT2D eigenvalue weighted by molar-refractivity contribution is -0.0617. The van der Waals surface area contributed by atoms with Gasteiger partial charge in [-0.25, -0.2) is 0 Å². The second-order valence-corrected chi connectivity index (χ2v) is 10.2. The standard InChI is InChI=1S/C24H36O/c1-5-6-16(2)20-9-10-21-19-8-7-17-15-18(25)11-13-23(17,3)22(19)12-14-24(20,21)4/h1,15-16,18-22,25H,6-14H2,2-4H3/t16?,18-,19?,20?,21?,22?,23-,24+/m0/s1. The van der Waals surface area contributed by atoms with E-state index in [0.717, 1.165) is 36.5 Å². The Morgan fingerprint density at radius 2 is 1.96 bits per heavy atom. The third-order valence-corrected chi connectivity index (χ3v) is 9.29. The van der Waals surface area contributed by atoms with Crippen LogP contribution in [0.25, 0.3) is 0 Å². The van der Waals surface area contributed by atoms with E-state index in [0.29, 0.717) is 16.7 Å². The van der Waals surface area contributed by atoms with Crippen LogP contribution in [0.5, 0.6) is 0 Å². The number of terminal acetylenes is 1. The Morgan fingerprint density at radius 3 is 2.72 bits per heavy atom. The number of hydrogen-bond acceptors (Lipinski definition) is 1. The van der Waals surface area contributed by atoms with Crippen molar-refractivity contribution in [3.8, 4) is 12.3 Å². The molecule has 4 aliphatic carbocycles. The second kappa shape index (κ2) is 6.16. The lowest BCUT2D eigenvalue weighted by Crippen LogP contribution is -2.51. The number of allylic oxidation sites excluding steroid dienone is 1. The highest BCUT2D eigenvalue weighted by atomic mass is 16.3. The topological polar surface area (TPSA) is 20.2 Å². The first kappa shape index (κ1) is 17.7. The molecule has 0 saturated heterocycles. The van der Waals surface area contributed by atoms with Crippen LogP contribution in [-0.2, 0) is 0 Å². The van der Waals surface area contributed by atoms with Crippen molar-refractivity contribution in [1.82, 2.24) is 0 Å². The molecule has 0 spiro atoms. The predicted octanol–water partition coefficient (Wildman–Crippen LogP) is 5.59. The van der Waals surface area contributed by atoms with Crippen molar-refractivity contribution in [3.05, 3.63) is 11.6 Å². The van der Waals surface area contributed by atoms with E-state index in [9.17, 15) is 5.11 Å². The molecule has 1 heteroatoms. The minimum absolute atomic E-state index is 0.186. The first-order valence-corrected chi connectivity index (χ1v) is 10.7. The van der Waals surface area contributed by atoms with Gasteiger partial charge in [-0.2, -0.15) is 0 Å². The fraction of sp³-hybridized carbons (Fsp3) is 0.833. The van der Waals surface area contributed by atoms with Gasteiger partial charge in [0.2, 0.25) is 0 Å². The molecule has 8 atom stereocenters. The van der Waals surface area contributed by atoms with E-state index >= 15 is 0 Å². The molecule has 25 heavy (non-hydrogen) atoms. The van der Waals surface area contributed by atoms with E-state index in [1.807, 2.05) is 0 Å². The Labute approximate surface area is 154 Å². The largest absolute Gasteiger partial charge is 0.389 e. The van der Waals surface area contributed by atoms with Crippen molar-refractivity contribution >= 4 is 0 Å². The van der Waals surface area contributed by atoms with Crippen molar-refractivity contribution in [3.63, 3.8) is 0 Å². The monoisotopic (exact) mass is 340 g/mol. The van der Waals surface area contributed by atoms with E-state index in [1.165, 1.54) is 44.9 Å². The summed E-state index contributed by atoms with van der Waals surface area (Å²) in [4.78, 5) is 0. The molecule has 0 aromatic carbocycles. The maximum Gasteiger partial charge on any atom is 0.0724 e. The third kappa shape index (κ3) is 2.55. The average molecular weight is 341 g/mol. The first-order chi connectivity index (χ1) is 11.9. The van der Waals surface area contributed by atoms with Crippen LogP contribution in [0.2, 0.25) is 0 Å². The van der Waals surface area contributed by atoms with E-state index in [1.54, 1.807) is 5.57 Å². The molecule has 0 aromatic heterocycles. The summed E-state index contributed by atoms with van der Waals surface area (Å²) in [6, 6.07) is 0. The van der Waals surface area contributed by atoms with Crippen LogP contribution in [0.15, 0.2) is 11.6 Å². The summed E-state index contributed by atoms with van der Waals surface area (Å²) in [5, 5.41) is 10.1. The molecule has 4 aliphatic rings. The molecule has 0 bridgehead atoms. The average Bonchev–Trinajstić information content (AvgIpc) is 2.93. The summed E-state index contributed by atoms with van der Waals surface area (Å²) in [5.74, 6) is 7.09. The van der Waals surface area contributed by atoms with E-state index in [-0.39, 0.29) is 6.10 Å². The van der Waals surface area contributed by atoms with Gasteiger partial charge < -0.3 is 5.11 Å². The fourth-order valence-electron chi connectivity index (χ4n) is 8.01. The molecule has 3 saturated carbocycles. The highest BCUT2D eigenvalue weighted by molar-refractivity contribution is 5.25. The number of fused-ring (bicyclic) bond motifs is 5. The Balaban J connectivity index is 1.60. The van der Waals surface area contributed by atoms with Crippen molar-refractivity contribution in [2.24, 2.45) is 40.4 Å².